The van der Waals surface area contributed by atoms with E-state index in [0.717, 1.165) is 0 Å². The van der Waals surface area contributed by atoms with Crippen LogP contribution in [0.1, 0.15) is 0 Å². The van der Waals surface area contributed by atoms with Crippen LogP contribution in [-0.2, 0) is 0 Å². The Bertz CT molecular complexity index is 509. The lowest BCUT2D eigenvalue weighted by molar-refractivity contribution is 0.470. The van der Waals surface area contributed by atoms with Crippen molar-refractivity contribution in [2.24, 2.45) is 0 Å². The first-order valence-electron chi connectivity index (χ1n) is 4.64. The zero-order valence-electron chi connectivity index (χ0n) is 8.38. The van der Waals surface area contributed by atoms with Crippen LogP contribution in [-0.4, -0.2) is 0 Å². The molecule has 2 rings (SSSR count). The van der Waals surface area contributed by atoms with Gasteiger partial charge in [-0.25, -0.2) is 8.78 Å². The first kappa shape index (κ1) is 12.5. The predicted molar refractivity (Wildman–Crippen MR) is 68.3 cm³/mol. The fourth-order valence-electron chi connectivity index (χ4n) is 1.22. The monoisotopic (exact) mass is 362 g/mol. The molecule has 1 nitrogen and oxygen atoms in total. The van der Waals surface area contributed by atoms with Crippen molar-refractivity contribution < 1.29 is 13.5 Å². The van der Waals surface area contributed by atoms with E-state index in [2.05, 4.69) is 31.9 Å². The first-order chi connectivity index (χ1) is 8.06. The van der Waals surface area contributed by atoms with Gasteiger partial charge in [-0.1, -0.05) is 0 Å². The molecule has 5 heteroatoms. The molecule has 2 aromatic carbocycles. The molecule has 0 aliphatic rings. The van der Waals surface area contributed by atoms with Crippen molar-refractivity contribution in [3.8, 4) is 11.5 Å². The summed E-state index contributed by atoms with van der Waals surface area (Å²) in [6.07, 6.45) is 0. The highest BCUT2D eigenvalue weighted by atomic mass is 79.9. The molecule has 0 saturated carbocycles. The molecule has 0 saturated heterocycles. The van der Waals surface area contributed by atoms with E-state index < -0.39 is 11.6 Å². The second kappa shape index (κ2) is 5.14. The molecule has 0 heterocycles. The molecular formula is C12H6Br2F2O. The molecular weight excluding hydrogens is 358 g/mol. The third-order valence-electron chi connectivity index (χ3n) is 2.02. The Morgan fingerprint density at radius 1 is 0.765 bits per heavy atom. The summed E-state index contributed by atoms with van der Waals surface area (Å²) in [5.41, 5.74) is 0. The summed E-state index contributed by atoms with van der Waals surface area (Å²) in [5, 5.41) is 0. The van der Waals surface area contributed by atoms with Gasteiger partial charge in [-0.05, 0) is 56.1 Å². The summed E-state index contributed by atoms with van der Waals surface area (Å²) in [5.74, 6) is -0.236. The fraction of sp³-hybridized carbons (Fsp3) is 0. The van der Waals surface area contributed by atoms with Gasteiger partial charge in [-0.2, -0.15) is 0 Å². The molecule has 0 spiro atoms. The van der Waals surface area contributed by atoms with Gasteiger partial charge in [0.25, 0.3) is 0 Å². The van der Waals surface area contributed by atoms with Gasteiger partial charge >= 0.3 is 0 Å². The maximum absolute atomic E-state index is 13.2. The van der Waals surface area contributed by atoms with Gasteiger partial charge in [0.05, 0.1) is 8.95 Å². The summed E-state index contributed by atoms with van der Waals surface area (Å²) >= 11 is 6.08. The summed E-state index contributed by atoms with van der Waals surface area (Å²) in [6, 6.07) is 8.69. The molecule has 88 valence electrons. The second-order valence-electron chi connectivity index (χ2n) is 3.25. The Morgan fingerprint density at radius 2 is 1.18 bits per heavy atom. The van der Waals surface area contributed by atoms with Gasteiger partial charge in [-0.15, -0.1) is 0 Å². The Kier molecular flexibility index (Phi) is 3.79. The number of hydrogen-bond donors (Lipinski definition) is 0. The smallest absolute Gasteiger partial charge is 0.141 e. The van der Waals surface area contributed by atoms with Crippen LogP contribution in [0.3, 0.4) is 0 Å². The van der Waals surface area contributed by atoms with E-state index in [9.17, 15) is 8.78 Å². The van der Waals surface area contributed by atoms with Gasteiger partial charge in [0.15, 0.2) is 0 Å². The lowest BCUT2D eigenvalue weighted by Crippen LogP contribution is -1.87. The van der Waals surface area contributed by atoms with Crippen molar-refractivity contribution in [3.05, 3.63) is 57.0 Å². The van der Waals surface area contributed by atoms with E-state index in [0.29, 0.717) is 20.4 Å². The molecule has 0 atom stereocenters. The van der Waals surface area contributed by atoms with Crippen LogP contribution < -0.4 is 4.74 Å². The fourth-order valence-corrected chi connectivity index (χ4v) is 1.71. The number of rotatable bonds is 2. The minimum Gasteiger partial charge on any atom is -0.457 e. The van der Waals surface area contributed by atoms with Crippen LogP contribution in [0, 0.1) is 11.6 Å². The van der Waals surface area contributed by atoms with E-state index in [1.165, 1.54) is 24.3 Å². The van der Waals surface area contributed by atoms with Gasteiger partial charge in [-0.3, -0.25) is 0 Å². The first-order valence-corrected chi connectivity index (χ1v) is 6.23. The minimum absolute atomic E-state index is 0.312. The molecule has 0 aliphatic carbocycles. The number of hydrogen-bond acceptors (Lipinski definition) is 1. The molecule has 17 heavy (non-hydrogen) atoms. The van der Waals surface area contributed by atoms with E-state index in [1.807, 2.05) is 0 Å². The Morgan fingerprint density at radius 3 is 1.53 bits per heavy atom. The standard InChI is InChI=1S/C12H6Br2F2O/c13-9-3-1-7(5-11(9)15)17-8-2-4-10(14)12(16)6-8/h1-6H. The minimum atomic E-state index is -0.430. The van der Waals surface area contributed by atoms with E-state index in [1.54, 1.807) is 12.1 Å². The summed E-state index contributed by atoms with van der Waals surface area (Å²) in [4.78, 5) is 0. The number of ether oxygens (including phenoxy) is 1. The normalized spacial score (nSPS) is 10.4. The highest BCUT2D eigenvalue weighted by Gasteiger charge is 2.05. The zero-order chi connectivity index (χ0) is 12.4. The Labute approximate surface area is 114 Å². The van der Waals surface area contributed by atoms with Crippen molar-refractivity contribution in [2.75, 3.05) is 0 Å². The van der Waals surface area contributed by atoms with Crippen LogP contribution in [0.15, 0.2) is 45.3 Å². The quantitative estimate of drug-likeness (QED) is 0.705. The summed E-state index contributed by atoms with van der Waals surface area (Å²) < 4.78 is 32.5. The van der Waals surface area contributed by atoms with Gasteiger partial charge < -0.3 is 4.74 Å². The van der Waals surface area contributed by atoms with Gasteiger partial charge in [0.1, 0.15) is 23.1 Å². The maximum atomic E-state index is 13.2. The van der Waals surface area contributed by atoms with Crippen LogP contribution in [0.5, 0.6) is 11.5 Å². The molecule has 0 bridgehead atoms. The average Bonchev–Trinajstić information content (AvgIpc) is 2.29. The van der Waals surface area contributed by atoms with E-state index in [4.69, 9.17) is 4.74 Å². The predicted octanol–water partition coefficient (Wildman–Crippen LogP) is 5.28. The van der Waals surface area contributed by atoms with Crippen LogP contribution in [0.25, 0.3) is 0 Å². The van der Waals surface area contributed by atoms with Crippen molar-refractivity contribution >= 4 is 31.9 Å². The van der Waals surface area contributed by atoms with Crippen molar-refractivity contribution in [1.29, 1.82) is 0 Å². The molecule has 0 aromatic heterocycles. The van der Waals surface area contributed by atoms with Crippen molar-refractivity contribution in [1.82, 2.24) is 0 Å². The van der Waals surface area contributed by atoms with Crippen LogP contribution in [0.2, 0.25) is 0 Å². The maximum Gasteiger partial charge on any atom is 0.141 e. The molecule has 0 fully saturated rings. The Balaban J connectivity index is 2.25. The largest absolute Gasteiger partial charge is 0.457 e. The third kappa shape index (κ3) is 3.04. The van der Waals surface area contributed by atoms with E-state index in [-0.39, 0.29) is 0 Å². The molecule has 0 amide bonds. The summed E-state index contributed by atoms with van der Waals surface area (Å²) in [7, 11) is 0. The Hall–Kier alpha value is -0.940. The topological polar surface area (TPSA) is 9.23 Å². The van der Waals surface area contributed by atoms with Crippen molar-refractivity contribution in [3.63, 3.8) is 0 Å². The zero-order valence-corrected chi connectivity index (χ0v) is 11.6. The van der Waals surface area contributed by atoms with Gasteiger partial charge in [0, 0.05) is 12.1 Å². The molecule has 0 radical (unpaired) electrons. The SMILES string of the molecule is Fc1cc(Oc2ccc(Br)c(F)c2)ccc1Br. The third-order valence-corrected chi connectivity index (χ3v) is 3.30. The molecule has 0 N–H and O–H groups in total. The number of halogens is 4. The second-order valence-corrected chi connectivity index (χ2v) is 4.96. The van der Waals surface area contributed by atoms with Crippen LogP contribution in [0.4, 0.5) is 8.78 Å². The van der Waals surface area contributed by atoms with E-state index >= 15 is 0 Å². The van der Waals surface area contributed by atoms with Crippen LogP contribution >= 0.6 is 31.9 Å². The highest BCUT2D eigenvalue weighted by molar-refractivity contribution is 9.10. The molecule has 2 aromatic rings. The average molecular weight is 364 g/mol. The van der Waals surface area contributed by atoms with Crippen molar-refractivity contribution in [2.45, 2.75) is 0 Å². The molecule has 0 unspecified atom stereocenters. The highest BCUT2D eigenvalue weighted by Crippen LogP contribution is 2.27. The lowest BCUT2D eigenvalue weighted by atomic mass is 10.3. The number of benzene rings is 2. The van der Waals surface area contributed by atoms with Gasteiger partial charge in [0.2, 0.25) is 0 Å². The summed E-state index contributed by atoms with van der Waals surface area (Å²) in [6.45, 7) is 0. The lowest BCUT2D eigenvalue weighted by Gasteiger charge is -2.06. The molecule has 0 aliphatic heterocycles.